The van der Waals surface area contributed by atoms with Crippen molar-refractivity contribution in [3.63, 3.8) is 0 Å². The average molecular weight is 971 g/mol. The molecule has 2 aromatic heterocycles. The van der Waals surface area contributed by atoms with Crippen LogP contribution in [0, 0.1) is 0 Å². The summed E-state index contributed by atoms with van der Waals surface area (Å²) in [7, 11) is -4.21. The second-order valence-electron chi connectivity index (χ2n) is 17.2. The SMILES string of the molecule is O=C(CP(=O)(OCc1ccccc1)OC[C@H]1O[C@@H](n2cnc3c(=O)nc(/N=C/N(Cc4ccccc4)Cc4ccccc4)n(Cc4ccccc4)c32)[C@@H]2OC(c3ccccc3)O[C@@H]21)OCc1ccccc1. The van der Waals surface area contributed by atoms with E-state index in [1.54, 1.807) is 10.9 Å². The van der Waals surface area contributed by atoms with E-state index in [9.17, 15) is 14.2 Å². The Morgan fingerprint density at radius 2 is 1.20 bits per heavy atom. The van der Waals surface area contributed by atoms with Gasteiger partial charge in [0.2, 0.25) is 5.95 Å². The Hall–Kier alpha value is -7.36. The van der Waals surface area contributed by atoms with Crippen molar-refractivity contribution in [3.05, 3.63) is 232 Å². The summed E-state index contributed by atoms with van der Waals surface area (Å²) in [6.07, 6.45) is -1.65. The van der Waals surface area contributed by atoms with Gasteiger partial charge in [0.1, 0.15) is 31.1 Å². The quantitative estimate of drug-likeness (QED) is 0.0309. The summed E-state index contributed by atoms with van der Waals surface area (Å²) >= 11 is 0. The summed E-state index contributed by atoms with van der Waals surface area (Å²) in [6, 6.07) is 57.8. The van der Waals surface area contributed by atoms with Gasteiger partial charge in [-0.25, -0.2) is 9.98 Å². The molecule has 4 heterocycles. The summed E-state index contributed by atoms with van der Waals surface area (Å²) in [6.45, 7) is 0.931. The first-order chi connectivity index (χ1) is 34.8. The molecule has 0 aliphatic carbocycles. The fourth-order valence-corrected chi connectivity index (χ4v) is 10.0. The minimum absolute atomic E-state index is 0.0159. The number of aliphatic imine (C=N–C) groups is 1. The highest BCUT2D eigenvalue weighted by atomic mass is 31.2. The Labute approximate surface area is 410 Å². The van der Waals surface area contributed by atoms with E-state index in [0.29, 0.717) is 18.7 Å². The number of hydrogen-bond acceptors (Lipinski definition) is 12. The van der Waals surface area contributed by atoms with Crippen LogP contribution in [-0.4, -0.2) is 67.4 Å². The van der Waals surface area contributed by atoms with Crippen molar-refractivity contribution in [2.45, 2.75) is 63.7 Å². The van der Waals surface area contributed by atoms with Gasteiger partial charge < -0.3 is 32.9 Å². The Morgan fingerprint density at radius 1 is 0.662 bits per heavy atom. The molecule has 2 aliphatic rings. The number of nitrogens with zero attached hydrogens (tertiary/aromatic N) is 6. The summed E-state index contributed by atoms with van der Waals surface area (Å²) < 4.78 is 56.2. The molecule has 71 heavy (non-hydrogen) atoms. The summed E-state index contributed by atoms with van der Waals surface area (Å²) in [5.74, 6) is -0.607. The smallest absolute Gasteiger partial charge is 0.342 e. The van der Waals surface area contributed by atoms with E-state index in [0.717, 1.165) is 33.4 Å². The number of rotatable bonds is 20. The molecule has 0 spiro atoms. The maximum Gasteiger partial charge on any atom is 0.342 e. The number of imidazole rings is 1. The third-order valence-electron chi connectivity index (χ3n) is 12.1. The number of hydrogen-bond donors (Lipinski definition) is 0. The fraction of sp³-hybridized carbons (Fsp3) is 0.218. The summed E-state index contributed by atoms with van der Waals surface area (Å²) in [5, 5.41) is 0. The lowest BCUT2D eigenvalue weighted by Gasteiger charge is -2.24. The van der Waals surface area contributed by atoms with Crippen LogP contribution in [0.3, 0.4) is 0 Å². The molecule has 8 aromatic rings. The molecule has 2 fully saturated rings. The predicted octanol–water partition coefficient (Wildman–Crippen LogP) is 9.55. The van der Waals surface area contributed by atoms with Crippen LogP contribution in [0.4, 0.5) is 5.95 Å². The van der Waals surface area contributed by atoms with Gasteiger partial charge in [0.05, 0.1) is 32.4 Å². The molecule has 0 bridgehead atoms. The van der Waals surface area contributed by atoms with Crippen molar-refractivity contribution in [1.29, 1.82) is 0 Å². The Kier molecular flexibility index (Phi) is 14.8. The van der Waals surface area contributed by atoms with Crippen LogP contribution in [0.25, 0.3) is 11.2 Å². The molecule has 10 rings (SSSR count). The molecule has 2 saturated heterocycles. The van der Waals surface area contributed by atoms with Gasteiger partial charge >= 0.3 is 19.1 Å². The number of esters is 1. The summed E-state index contributed by atoms with van der Waals surface area (Å²) in [4.78, 5) is 43.6. The molecule has 0 saturated carbocycles. The number of fused-ring (bicyclic) bond motifs is 2. The molecule has 0 amide bonds. The molecule has 6 aromatic carbocycles. The van der Waals surface area contributed by atoms with Gasteiger partial charge in [0.25, 0.3) is 0 Å². The lowest BCUT2D eigenvalue weighted by Crippen LogP contribution is -2.32. The number of ether oxygens (including phenoxy) is 4. The van der Waals surface area contributed by atoms with Crippen LogP contribution >= 0.6 is 7.60 Å². The van der Waals surface area contributed by atoms with Crippen LogP contribution in [0.2, 0.25) is 0 Å². The first-order valence-electron chi connectivity index (χ1n) is 23.3. The zero-order valence-electron chi connectivity index (χ0n) is 38.6. The maximum absolute atomic E-state index is 14.7. The molecule has 15 nitrogen and oxygen atoms in total. The standard InChI is InChI=1S/C55H51N6O9P/c62-47(65-34-43-25-13-4-14-26-43)37-71(64,66-35-44-27-15-5-16-28-44)67-36-46-49-50(70-54(69-49)45-29-17-6-18-30-45)53(68-46)61-39-56-48-51(63)58-55(60(52(48)61)33-42-23-11-3-12-24-42)57-38-59(31-40-19-7-1-8-20-40)32-41-21-9-2-10-22-41/h1-30,38-39,46,49-50,53-54H,31-37H2/b57-38+/t46-,49-,50-,53-,54?,71?/m1/s1. The number of carbonyl (C=O) groups excluding carboxylic acids is 1. The van der Waals surface area contributed by atoms with Gasteiger partial charge in [0, 0.05) is 18.7 Å². The van der Waals surface area contributed by atoms with E-state index in [2.05, 4.69) is 39.1 Å². The minimum atomic E-state index is -4.21. The normalized spacial score (nSPS) is 19.4. The van der Waals surface area contributed by atoms with E-state index in [1.807, 2.05) is 162 Å². The predicted molar refractivity (Wildman–Crippen MR) is 266 cm³/mol. The third-order valence-corrected chi connectivity index (χ3v) is 13.8. The minimum Gasteiger partial charge on any atom is -0.460 e. The molecule has 2 aliphatic heterocycles. The maximum atomic E-state index is 14.7. The topological polar surface area (TPSA) is 158 Å². The van der Waals surface area contributed by atoms with Crippen molar-refractivity contribution in [1.82, 2.24) is 24.0 Å². The van der Waals surface area contributed by atoms with Crippen molar-refractivity contribution < 1.29 is 37.4 Å². The number of benzene rings is 6. The molecule has 0 radical (unpaired) electrons. The second kappa shape index (κ2) is 22.2. The van der Waals surface area contributed by atoms with Crippen LogP contribution in [0.1, 0.15) is 45.9 Å². The van der Waals surface area contributed by atoms with E-state index in [-0.39, 0.29) is 37.8 Å². The number of aromatic nitrogens is 4. The highest BCUT2D eigenvalue weighted by Gasteiger charge is 2.55. The molecule has 6 atom stereocenters. The average Bonchev–Trinajstić information content (AvgIpc) is 4.14. The van der Waals surface area contributed by atoms with E-state index >= 15 is 0 Å². The molecule has 360 valence electrons. The van der Waals surface area contributed by atoms with Crippen molar-refractivity contribution in [2.24, 2.45) is 4.99 Å². The van der Waals surface area contributed by atoms with Crippen molar-refractivity contribution in [3.8, 4) is 0 Å². The van der Waals surface area contributed by atoms with Crippen molar-refractivity contribution in [2.75, 3.05) is 12.8 Å². The zero-order valence-corrected chi connectivity index (χ0v) is 39.5. The van der Waals surface area contributed by atoms with Gasteiger partial charge in [-0.15, -0.1) is 0 Å². The van der Waals surface area contributed by atoms with Crippen LogP contribution in [0.5, 0.6) is 0 Å². The van der Waals surface area contributed by atoms with Crippen LogP contribution in [0.15, 0.2) is 198 Å². The van der Waals surface area contributed by atoms with E-state index < -0.39 is 56.1 Å². The zero-order chi connectivity index (χ0) is 48.4. The monoisotopic (exact) mass is 970 g/mol. The van der Waals surface area contributed by atoms with Gasteiger partial charge in [-0.2, -0.15) is 4.98 Å². The second-order valence-corrected chi connectivity index (χ2v) is 19.3. The lowest BCUT2D eigenvalue weighted by molar-refractivity contribution is -0.152. The molecular weight excluding hydrogens is 920 g/mol. The van der Waals surface area contributed by atoms with E-state index in [4.69, 9.17) is 33.0 Å². The van der Waals surface area contributed by atoms with Crippen LogP contribution in [-0.2, 0) is 70.2 Å². The fourth-order valence-electron chi connectivity index (χ4n) is 8.64. The van der Waals surface area contributed by atoms with Crippen LogP contribution < -0.4 is 5.56 Å². The number of carbonyl (C=O) groups is 1. The van der Waals surface area contributed by atoms with Gasteiger partial charge in [-0.1, -0.05) is 182 Å². The molecular formula is C55H51N6O9P. The summed E-state index contributed by atoms with van der Waals surface area (Å²) in [5.41, 5.74) is 5.26. The third kappa shape index (κ3) is 11.6. The van der Waals surface area contributed by atoms with E-state index in [1.165, 1.54) is 6.33 Å². The van der Waals surface area contributed by atoms with Crippen molar-refractivity contribution >= 4 is 37.0 Å². The highest BCUT2D eigenvalue weighted by molar-refractivity contribution is 7.54. The largest absolute Gasteiger partial charge is 0.460 e. The molecule has 16 heteroatoms. The molecule has 2 unspecified atom stereocenters. The lowest BCUT2D eigenvalue weighted by atomic mass is 10.1. The van der Waals surface area contributed by atoms with Gasteiger partial charge in [0.15, 0.2) is 23.7 Å². The first kappa shape index (κ1) is 47.3. The first-order valence-corrected chi connectivity index (χ1v) is 25.1. The molecule has 0 N–H and O–H groups in total. The Balaban J connectivity index is 0.991. The Morgan fingerprint density at radius 3 is 1.80 bits per heavy atom. The highest BCUT2D eigenvalue weighted by Crippen LogP contribution is 2.51. The Bertz CT molecular complexity index is 3110. The van der Waals surface area contributed by atoms with Gasteiger partial charge in [-0.05, 0) is 27.8 Å². The van der Waals surface area contributed by atoms with Gasteiger partial charge in [-0.3, -0.25) is 23.3 Å².